The minimum Gasteiger partial charge on any atom is -0.508 e. The highest BCUT2D eigenvalue weighted by Crippen LogP contribution is 2.41. The summed E-state index contributed by atoms with van der Waals surface area (Å²) in [5.41, 5.74) is 8.96. The zero-order chi connectivity index (χ0) is 13.7. The Balaban J connectivity index is 2.01. The first-order chi connectivity index (χ1) is 9.74. The summed E-state index contributed by atoms with van der Waals surface area (Å²) >= 11 is 0. The fraction of sp³-hybridized carbons (Fsp3) is 0.200. The van der Waals surface area contributed by atoms with E-state index in [1.54, 1.807) is 12.1 Å². The molecule has 0 bridgehead atoms. The second-order valence-corrected chi connectivity index (χ2v) is 5.19. The molecule has 3 N–H and O–H groups in total. The van der Waals surface area contributed by atoms with Gasteiger partial charge in [-0.3, -0.25) is 0 Å². The van der Waals surface area contributed by atoms with Crippen LogP contribution in [0.5, 0.6) is 5.75 Å². The van der Waals surface area contributed by atoms with E-state index in [0.717, 1.165) is 22.2 Å². The molecular weight excluding hydrogens is 252 g/mol. The van der Waals surface area contributed by atoms with Gasteiger partial charge in [0.15, 0.2) is 0 Å². The van der Waals surface area contributed by atoms with Crippen molar-refractivity contribution in [3.63, 3.8) is 0 Å². The zero-order valence-corrected chi connectivity index (χ0v) is 10.8. The summed E-state index contributed by atoms with van der Waals surface area (Å²) in [7, 11) is 0. The summed E-state index contributed by atoms with van der Waals surface area (Å²) in [5, 5.41) is 10.3. The van der Waals surface area contributed by atoms with Crippen LogP contribution in [0.15, 0.2) is 36.8 Å². The Labute approximate surface area is 115 Å². The van der Waals surface area contributed by atoms with Crippen LogP contribution in [0.3, 0.4) is 0 Å². The first-order valence-corrected chi connectivity index (χ1v) is 6.64. The number of fused-ring (bicyclic) bond motifs is 1. The molecule has 2 heterocycles. The molecule has 5 nitrogen and oxygen atoms in total. The van der Waals surface area contributed by atoms with Crippen LogP contribution in [-0.2, 0) is 0 Å². The smallest absolute Gasteiger partial charge is 0.146 e. The van der Waals surface area contributed by atoms with Gasteiger partial charge in [0.25, 0.3) is 0 Å². The van der Waals surface area contributed by atoms with E-state index in [-0.39, 0.29) is 5.75 Å². The van der Waals surface area contributed by atoms with Gasteiger partial charge in [-0.15, -0.1) is 0 Å². The van der Waals surface area contributed by atoms with Crippen LogP contribution < -0.4 is 5.73 Å². The van der Waals surface area contributed by atoms with Crippen LogP contribution in [-0.4, -0.2) is 19.6 Å². The normalized spacial score (nSPS) is 14.8. The van der Waals surface area contributed by atoms with Gasteiger partial charge in [-0.25, -0.2) is 9.97 Å². The molecule has 3 aromatic rings. The van der Waals surface area contributed by atoms with Crippen molar-refractivity contribution in [2.24, 2.45) is 0 Å². The van der Waals surface area contributed by atoms with Crippen LogP contribution in [0, 0.1) is 0 Å². The standard InChI is InChI=1S/C15H14N4O/c16-14-13-12(9-1-5-11(20)6-2-9)7-19(10-3-4-10)15(13)18-8-17-14/h1-2,5-8,10,20H,3-4H2,(H2,16,17,18). The molecular formula is C15H14N4O. The molecule has 1 aliphatic carbocycles. The van der Waals surface area contributed by atoms with Crippen molar-refractivity contribution < 1.29 is 5.11 Å². The molecule has 0 aliphatic heterocycles. The molecule has 1 aromatic carbocycles. The van der Waals surface area contributed by atoms with Crippen LogP contribution in [0.4, 0.5) is 5.82 Å². The van der Waals surface area contributed by atoms with Gasteiger partial charge in [-0.1, -0.05) is 12.1 Å². The fourth-order valence-electron chi connectivity index (χ4n) is 2.60. The maximum Gasteiger partial charge on any atom is 0.146 e. The summed E-state index contributed by atoms with van der Waals surface area (Å²) in [6.07, 6.45) is 5.97. The third kappa shape index (κ3) is 1.63. The predicted octanol–water partition coefficient (Wildman–Crippen LogP) is 2.72. The molecule has 1 saturated carbocycles. The van der Waals surface area contributed by atoms with Gasteiger partial charge in [0, 0.05) is 17.8 Å². The maximum absolute atomic E-state index is 9.42. The molecule has 0 spiro atoms. The lowest BCUT2D eigenvalue weighted by Crippen LogP contribution is -1.96. The number of phenols is 1. The van der Waals surface area contributed by atoms with Gasteiger partial charge in [-0.2, -0.15) is 0 Å². The van der Waals surface area contributed by atoms with E-state index in [2.05, 4.69) is 20.7 Å². The second kappa shape index (κ2) is 3.96. The summed E-state index contributed by atoms with van der Waals surface area (Å²) in [5.74, 6) is 0.751. The number of hydrogen-bond donors (Lipinski definition) is 2. The van der Waals surface area contributed by atoms with Crippen molar-refractivity contribution >= 4 is 16.9 Å². The Morgan fingerprint density at radius 1 is 1.15 bits per heavy atom. The Morgan fingerprint density at radius 2 is 1.90 bits per heavy atom. The van der Waals surface area contributed by atoms with E-state index in [4.69, 9.17) is 5.73 Å². The number of nitrogens with two attached hydrogens (primary N) is 1. The largest absolute Gasteiger partial charge is 0.508 e. The van der Waals surface area contributed by atoms with E-state index in [1.807, 2.05) is 12.1 Å². The number of hydrogen-bond acceptors (Lipinski definition) is 4. The lowest BCUT2D eigenvalue weighted by Gasteiger charge is -2.01. The molecule has 2 aromatic heterocycles. The monoisotopic (exact) mass is 266 g/mol. The van der Waals surface area contributed by atoms with Crippen molar-refractivity contribution in [2.45, 2.75) is 18.9 Å². The molecule has 1 fully saturated rings. The van der Waals surface area contributed by atoms with Crippen LogP contribution in [0.25, 0.3) is 22.2 Å². The molecule has 5 heteroatoms. The number of aromatic hydroxyl groups is 1. The summed E-state index contributed by atoms with van der Waals surface area (Å²) < 4.78 is 2.19. The van der Waals surface area contributed by atoms with Gasteiger partial charge in [0.05, 0.1) is 5.39 Å². The number of nitrogen functional groups attached to an aromatic ring is 1. The Bertz CT molecular complexity index is 787. The summed E-state index contributed by atoms with van der Waals surface area (Å²) in [4.78, 5) is 8.50. The SMILES string of the molecule is Nc1ncnc2c1c(-c1ccc(O)cc1)cn2C1CC1. The average Bonchev–Trinajstić information content (AvgIpc) is 3.21. The number of phenolic OH excluding ortho intramolecular Hbond substituents is 1. The van der Waals surface area contributed by atoms with E-state index in [9.17, 15) is 5.11 Å². The molecule has 1 aliphatic rings. The van der Waals surface area contributed by atoms with Gasteiger partial charge < -0.3 is 15.4 Å². The van der Waals surface area contributed by atoms with E-state index >= 15 is 0 Å². The lowest BCUT2D eigenvalue weighted by atomic mass is 10.1. The highest BCUT2D eigenvalue weighted by atomic mass is 16.3. The van der Waals surface area contributed by atoms with Crippen molar-refractivity contribution in [1.29, 1.82) is 0 Å². The van der Waals surface area contributed by atoms with Gasteiger partial charge >= 0.3 is 0 Å². The summed E-state index contributed by atoms with van der Waals surface area (Å²) in [6.45, 7) is 0. The van der Waals surface area contributed by atoms with Crippen molar-refractivity contribution in [3.8, 4) is 16.9 Å². The van der Waals surface area contributed by atoms with E-state index < -0.39 is 0 Å². The Hall–Kier alpha value is -2.56. The quantitative estimate of drug-likeness (QED) is 0.747. The van der Waals surface area contributed by atoms with Crippen LogP contribution in [0.1, 0.15) is 18.9 Å². The number of anilines is 1. The van der Waals surface area contributed by atoms with Crippen molar-refractivity contribution in [2.75, 3.05) is 5.73 Å². The molecule has 4 rings (SSSR count). The van der Waals surface area contributed by atoms with Crippen molar-refractivity contribution in [3.05, 3.63) is 36.8 Å². The molecule has 100 valence electrons. The van der Waals surface area contributed by atoms with E-state index in [1.165, 1.54) is 19.2 Å². The number of rotatable bonds is 2. The highest BCUT2D eigenvalue weighted by molar-refractivity contribution is 6.00. The topological polar surface area (TPSA) is 77.0 Å². The van der Waals surface area contributed by atoms with Gasteiger partial charge in [0.1, 0.15) is 23.5 Å². The van der Waals surface area contributed by atoms with Crippen LogP contribution in [0.2, 0.25) is 0 Å². The van der Waals surface area contributed by atoms with Gasteiger partial charge in [0.2, 0.25) is 0 Å². The molecule has 20 heavy (non-hydrogen) atoms. The molecule has 0 radical (unpaired) electrons. The Morgan fingerprint density at radius 3 is 2.60 bits per heavy atom. The first kappa shape index (κ1) is 11.3. The predicted molar refractivity (Wildman–Crippen MR) is 77.3 cm³/mol. The average molecular weight is 266 g/mol. The number of benzene rings is 1. The summed E-state index contributed by atoms with van der Waals surface area (Å²) in [6, 6.07) is 7.64. The number of nitrogens with zero attached hydrogens (tertiary/aromatic N) is 3. The number of aromatic nitrogens is 3. The first-order valence-electron chi connectivity index (χ1n) is 6.64. The molecule has 0 saturated heterocycles. The minimum absolute atomic E-state index is 0.254. The minimum atomic E-state index is 0.254. The lowest BCUT2D eigenvalue weighted by molar-refractivity contribution is 0.475. The Kier molecular flexibility index (Phi) is 2.24. The molecule has 0 amide bonds. The third-order valence-electron chi connectivity index (χ3n) is 3.76. The van der Waals surface area contributed by atoms with E-state index in [0.29, 0.717) is 11.9 Å². The molecule has 0 unspecified atom stereocenters. The third-order valence-corrected chi connectivity index (χ3v) is 3.76. The zero-order valence-electron chi connectivity index (χ0n) is 10.8. The van der Waals surface area contributed by atoms with Crippen LogP contribution >= 0.6 is 0 Å². The van der Waals surface area contributed by atoms with Gasteiger partial charge in [-0.05, 0) is 30.5 Å². The molecule has 0 atom stereocenters. The fourth-order valence-corrected chi connectivity index (χ4v) is 2.60. The van der Waals surface area contributed by atoms with Crippen molar-refractivity contribution in [1.82, 2.24) is 14.5 Å². The maximum atomic E-state index is 9.42. The second-order valence-electron chi connectivity index (χ2n) is 5.19. The highest BCUT2D eigenvalue weighted by Gasteiger charge is 2.27.